The second-order valence-electron chi connectivity index (χ2n) is 6.00. The van der Waals surface area contributed by atoms with E-state index in [4.69, 9.17) is 5.73 Å². The Balaban J connectivity index is 1.74. The SMILES string of the molecule is CN(CCN1CCCC1=O)C(=O)c1cc2ccccc2cc1N. The minimum Gasteiger partial charge on any atom is -0.398 e. The van der Waals surface area contributed by atoms with Gasteiger partial charge in [0.15, 0.2) is 0 Å². The molecule has 0 atom stereocenters. The molecule has 5 nitrogen and oxygen atoms in total. The predicted octanol–water partition coefficient (Wildman–Crippen LogP) is 2.12. The molecule has 1 aliphatic rings. The summed E-state index contributed by atoms with van der Waals surface area (Å²) in [6.07, 6.45) is 1.53. The topological polar surface area (TPSA) is 66.6 Å². The Morgan fingerprint density at radius 3 is 2.61 bits per heavy atom. The molecule has 0 aromatic heterocycles. The van der Waals surface area contributed by atoms with E-state index in [1.807, 2.05) is 41.3 Å². The maximum Gasteiger partial charge on any atom is 0.255 e. The summed E-state index contributed by atoms with van der Waals surface area (Å²) in [5.74, 6) is 0.0657. The summed E-state index contributed by atoms with van der Waals surface area (Å²) >= 11 is 0. The van der Waals surface area contributed by atoms with Crippen LogP contribution < -0.4 is 5.73 Å². The van der Waals surface area contributed by atoms with E-state index < -0.39 is 0 Å². The van der Waals surface area contributed by atoms with Crippen molar-refractivity contribution in [3.05, 3.63) is 42.0 Å². The molecule has 2 N–H and O–H groups in total. The van der Waals surface area contributed by atoms with Crippen LogP contribution in [0.1, 0.15) is 23.2 Å². The summed E-state index contributed by atoms with van der Waals surface area (Å²) in [6, 6.07) is 11.5. The fourth-order valence-corrected chi connectivity index (χ4v) is 2.96. The molecule has 3 rings (SSSR count). The number of likely N-dealkylation sites (N-methyl/N-ethyl adjacent to an activating group) is 1. The molecule has 0 aliphatic carbocycles. The van der Waals surface area contributed by atoms with Crippen molar-refractivity contribution < 1.29 is 9.59 Å². The third-order valence-electron chi connectivity index (χ3n) is 4.37. The lowest BCUT2D eigenvalue weighted by molar-refractivity contribution is -0.127. The van der Waals surface area contributed by atoms with Crippen LogP contribution in [0.2, 0.25) is 0 Å². The van der Waals surface area contributed by atoms with Crippen molar-refractivity contribution in [2.45, 2.75) is 12.8 Å². The maximum atomic E-state index is 12.6. The van der Waals surface area contributed by atoms with Crippen molar-refractivity contribution in [1.82, 2.24) is 9.80 Å². The summed E-state index contributed by atoms with van der Waals surface area (Å²) in [5.41, 5.74) is 7.05. The molecule has 2 aromatic carbocycles. The van der Waals surface area contributed by atoms with Gasteiger partial charge in [-0.15, -0.1) is 0 Å². The molecule has 0 spiro atoms. The minimum absolute atomic E-state index is 0.111. The number of benzene rings is 2. The fourth-order valence-electron chi connectivity index (χ4n) is 2.96. The highest BCUT2D eigenvalue weighted by atomic mass is 16.2. The first-order chi connectivity index (χ1) is 11.1. The van der Waals surface area contributed by atoms with Crippen LogP contribution >= 0.6 is 0 Å². The van der Waals surface area contributed by atoms with Gasteiger partial charge in [0.05, 0.1) is 5.56 Å². The molecule has 0 radical (unpaired) electrons. The average molecular weight is 311 g/mol. The van der Waals surface area contributed by atoms with Gasteiger partial charge in [0.25, 0.3) is 5.91 Å². The molecule has 1 saturated heterocycles. The van der Waals surface area contributed by atoms with Crippen LogP contribution in [0, 0.1) is 0 Å². The van der Waals surface area contributed by atoms with Crippen LogP contribution in [-0.4, -0.2) is 48.3 Å². The summed E-state index contributed by atoms with van der Waals surface area (Å²) in [5, 5.41) is 2.01. The van der Waals surface area contributed by atoms with Crippen molar-refractivity contribution in [1.29, 1.82) is 0 Å². The van der Waals surface area contributed by atoms with E-state index in [2.05, 4.69) is 0 Å². The highest BCUT2D eigenvalue weighted by Crippen LogP contribution is 2.23. The Bertz CT molecular complexity index is 757. The van der Waals surface area contributed by atoms with E-state index >= 15 is 0 Å². The van der Waals surface area contributed by atoms with E-state index in [1.165, 1.54) is 0 Å². The molecule has 1 fully saturated rings. The van der Waals surface area contributed by atoms with Crippen LogP contribution in [0.5, 0.6) is 0 Å². The normalized spacial score (nSPS) is 14.5. The third kappa shape index (κ3) is 3.13. The standard InChI is InChI=1S/C18H21N3O2/c1-20(9-10-21-8-4-7-17(21)22)18(23)15-11-13-5-2-3-6-14(13)12-16(15)19/h2-3,5-6,11-12H,4,7-10,19H2,1H3. The Morgan fingerprint density at radius 1 is 1.26 bits per heavy atom. The number of carbonyl (C=O) groups excluding carboxylic acids is 2. The van der Waals surface area contributed by atoms with Crippen molar-refractivity contribution in [3.8, 4) is 0 Å². The number of fused-ring (bicyclic) bond motifs is 1. The lowest BCUT2D eigenvalue weighted by Gasteiger charge is -2.22. The molecule has 2 amide bonds. The quantitative estimate of drug-likeness (QED) is 0.880. The molecule has 23 heavy (non-hydrogen) atoms. The molecule has 0 unspecified atom stereocenters. The largest absolute Gasteiger partial charge is 0.398 e. The first-order valence-electron chi connectivity index (χ1n) is 7.88. The number of nitrogen functional groups attached to an aromatic ring is 1. The van der Waals surface area contributed by atoms with Gasteiger partial charge in [0.1, 0.15) is 0 Å². The predicted molar refractivity (Wildman–Crippen MR) is 91.1 cm³/mol. The lowest BCUT2D eigenvalue weighted by Crippen LogP contribution is -2.37. The Kier molecular flexibility index (Phi) is 4.19. The molecule has 0 saturated carbocycles. The molecule has 2 aromatic rings. The summed E-state index contributed by atoms with van der Waals surface area (Å²) < 4.78 is 0. The smallest absolute Gasteiger partial charge is 0.255 e. The zero-order valence-corrected chi connectivity index (χ0v) is 13.3. The first kappa shape index (κ1) is 15.3. The molecule has 1 aliphatic heterocycles. The van der Waals surface area contributed by atoms with Crippen LogP contribution in [0.4, 0.5) is 5.69 Å². The molecular weight excluding hydrogens is 290 g/mol. The van der Waals surface area contributed by atoms with Gasteiger partial charge in [-0.25, -0.2) is 0 Å². The van der Waals surface area contributed by atoms with E-state index in [0.29, 0.717) is 30.8 Å². The second kappa shape index (κ2) is 6.28. The molecular formula is C18H21N3O2. The zero-order valence-electron chi connectivity index (χ0n) is 13.3. The van der Waals surface area contributed by atoms with E-state index in [0.717, 1.165) is 23.7 Å². The van der Waals surface area contributed by atoms with Crippen molar-refractivity contribution in [2.24, 2.45) is 0 Å². The summed E-state index contributed by atoms with van der Waals surface area (Å²) in [4.78, 5) is 27.7. The zero-order chi connectivity index (χ0) is 16.4. The summed E-state index contributed by atoms with van der Waals surface area (Å²) in [6.45, 7) is 1.88. The first-order valence-corrected chi connectivity index (χ1v) is 7.88. The number of hydrogen-bond acceptors (Lipinski definition) is 3. The number of nitrogens with two attached hydrogens (primary N) is 1. The van der Waals surface area contributed by atoms with Crippen LogP contribution in [-0.2, 0) is 4.79 Å². The molecule has 0 bridgehead atoms. The molecule has 120 valence electrons. The number of anilines is 1. The number of rotatable bonds is 4. The van der Waals surface area contributed by atoms with Gasteiger partial charge in [-0.05, 0) is 29.3 Å². The molecule has 1 heterocycles. The van der Waals surface area contributed by atoms with Crippen molar-refractivity contribution >= 4 is 28.3 Å². The number of amides is 2. The second-order valence-corrected chi connectivity index (χ2v) is 6.00. The highest BCUT2D eigenvalue weighted by molar-refractivity contribution is 6.03. The number of nitrogens with zero attached hydrogens (tertiary/aromatic N) is 2. The van der Waals surface area contributed by atoms with Gasteiger partial charge in [-0.3, -0.25) is 9.59 Å². The summed E-state index contributed by atoms with van der Waals surface area (Å²) in [7, 11) is 1.75. The maximum absolute atomic E-state index is 12.6. The van der Waals surface area contributed by atoms with E-state index in [9.17, 15) is 9.59 Å². The Labute approximate surface area is 135 Å². The third-order valence-corrected chi connectivity index (χ3v) is 4.37. The van der Waals surface area contributed by atoms with E-state index in [-0.39, 0.29) is 11.8 Å². The Hall–Kier alpha value is -2.56. The van der Waals surface area contributed by atoms with Gasteiger partial charge in [0, 0.05) is 38.8 Å². The van der Waals surface area contributed by atoms with Crippen molar-refractivity contribution in [2.75, 3.05) is 32.4 Å². The lowest BCUT2D eigenvalue weighted by atomic mass is 10.0. The number of hydrogen-bond donors (Lipinski definition) is 1. The fraction of sp³-hybridized carbons (Fsp3) is 0.333. The average Bonchev–Trinajstić information content (AvgIpc) is 2.96. The van der Waals surface area contributed by atoms with E-state index in [1.54, 1.807) is 11.9 Å². The van der Waals surface area contributed by atoms with Gasteiger partial charge in [0.2, 0.25) is 5.91 Å². The van der Waals surface area contributed by atoms with Crippen LogP contribution in [0.3, 0.4) is 0 Å². The van der Waals surface area contributed by atoms with Gasteiger partial charge in [-0.2, -0.15) is 0 Å². The van der Waals surface area contributed by atoms with Crippen LogP contribution in [0.15, 0.2) is 36.4 Å². The van der Waals surface area contributed by atoms with Gasteiger partial charge < -0.3 is 15.5 Å². The van der Waals surface area contributed by atoms with Crippen molar-refractivity contribution in [3.63, 3.8) is 0 Å². The van der Waals surface area contributed by atoms with Crippen LogP contribution in [0.25, 0.3) is 10.8 Å². The van der Waals surface area contributed by atoms with Gasteiger partial charge in [-0.1, -0.05) is 24.3 Å². The number of carbonyl (C=O) groups is 2. The number of likely N-dealkylation sites (tertiary alicyclic amines) is 1. The Morgan fingerprint density at radius 2 is 1.96 bits per heavy atom. The highest BCUT2D eigenvalue weighted by Gasteiger charge is 2.21. The molecule has 5 heteroatoms. The minimum atomic E-state index is -0.111. The van der Waals surface area contributed by atoms with Gasteiger partial charge >= 0.3 is 0 Å². The monoisotopic (exact) mass is 311 g/mol.